The van der Waals surface area contributed by atoms with Crippen molar-refractivity contribution in [3.63, 3.8) is 0 Å². The van der Waals surface area contributed by atoms with Crippen molar-refractivity contribution in [2.75, 3.05) is 19.6 Å². The highest BCUT2D eigenvalue weighted by atomic mass is 15.1. The Kier molecular flexibility index (Phi) is 3.39. The van der Waals surface area contributed by atoms with Crippen LogP contribution in [0, 0.1) is 0 Å². The summed E-state index contributed by atoms with van der Waals surface area (Å²) in [5.41, 5.74) is 8.87. The van der Waals surface area contributed by atoms with Gasteiger partial charge in [-0.15, -0.1) is 0 Å². The molecule has 0 amide bonds. The average Bonchev–Trinajstić information content (AvgIpc) is 2.41. The lowest BCUT2D eigenvalue weighted by atomic mass is 10.0. The Hall–Kier alpha value is -0.860. The first-order valence-corrected chi connectivity index (χ1v) is 5.80. The summed E-state index contributed by atoms with van der Waals surface area (Å²) in [5.74, 6) is 0. The molecule has 0 aliphatic carbocycles. The molecule has 0 spiro atoms. The number of hydrogen-bond donors (Lipinski definition) is 1. The second-order valence-electron chi connectivity index (χ2n) is 4.55. The van der Waals surface area contributed by atoms with Crippen LogP contribution < -0.4 is 5.73 Å². The summed E-state index contributed by atoms with van der Waals surface area (Å²) >= 11 is 0. The third-order valence-electron chi connectivity index (χ3n) is 3.06. The number of benzene rings is 1. The predicted octanol–water partition coefficient (Wildman–Crippen LogP) is 1.43. The first-order chi connectivity index (χ1) is 7.25. The van der Waals surface area contributed by atoms with Gasteiger partial charge in [0.05, 0.1) is 0 Å². The van der Waals surface area contributed by atoms with E-state index in [-0.39, 0.29) is 6.04 Å². The maximum Gasteiger partial charge on any atom is 0.0139 e. The van der Waals surface area contributed by atoms with Crippen molar-refractivity contribution in [1.82, 2.24) is 4.90 Å². The summed E-state index contributed by atoms with van der Waals surface area (Å²) in [6.07, 6.45) is 2.34. The van der Waals surface area contributed by atoms with Gasteiger partial charge in [0.2, 0.25) is 0 Å². The molecule has 1 atom stereocenters. The van der Waals surface area contributed by atoms with Crippen molar-refractivity contribution in [1.29, 1.82) is 0 Å². The molecule has 1 aromatic carbocycles. The normalized spacial score (nSPS) is 19.3. The van der Waals surface area contributed by atoms with E-state index in [0.29, 0.717) is 0 Å². The topological polar surface area (TPSA) is 29.3 Å². The van der Waals surface area contributed by atoms with E-state index in [1.165, 1.54) is 24.0 Å². The average molecular weight is 204 g/mol. The lowest BCUT2D eigenvalue weighted by Crippen LogP contribution is -2.37. The van der Waals surface area contributed by atoms with Crippen LogP contribution in [0.5, 0.6) is 0 Å². The molecule has 1 heterocycles. The molecule has 0 saturated carbocycles. The first-order valence-electron chi connectivity index (χ1n) is 5.80. The Morgan fingerprint density at radius 2 is 1.73 bits per heavy atom. The maximum absolute atomic E-state index is 5.84. The minimum Gasteiger partial charge on any atom is -0.327 e. The van der Waals surface area contributed by atoms with Gasteiger partial charge in [-0.2, -0.15) is 0 Å². The Balaban J connectivity index is 2.02. The molecular formula is C13H20N2. The molecule has 0 bridgehead atoms. The fourth-order valence-corrected chi connectivity index (χ4v) is 2.30. The second kappa shape index (κ2) is 4.77. The molecule has 0 fully saturated rings. The summed E-state index contributed by atoms with van der Waals surface area (Å²) in [6.45, 7) is 5.41. The molecule has 0 radical (unpaired) electrons. The van der Waals surface area contributed by atoms with Crippen molar-refractivity contribution in [3.05, 3.63) is 35.4 Å². The molecule has 0 unspecified atom stereocenters. The lowest BCUT2D eigenvalue weighted by molar-refractivity contribution is 0.274. The van der Waals surface area contributed by atoms with E-state index in [0.717, 1.165) is 19.6 Å². The van der Waals surface area contributed by atoms with E-state index in [1.807, 2.05) is 0 Å². The summed E-state index contributed by atoms with van der Waals surface area (Å²) in [5, 5.41) is 0. The van der Waals surface area contributed by atoms with Crippen LogP contribution in [0.25, 0.3) is 0 Å². The van der Waals surface area contributed by atoms with Crippen molar-refractivity contribution < 1.29 is 0 Å². The van der Waals surface area contributed by atoms with Crippen LogP contribution in [-0.2, 0) is 12.8 Å². The van der Waals surface area contributed by atoms with E-state index < -0.39 is 0 Å². The summed E-state index contributed by atoms with van der Waals surface area (Å²) in [7, 11) is 0. The van der Waals surface area contributed by atoms with E-state index in [2.05, 4.69) is 36.1 Å². The van der Waals surface area contributed by atoms with Crippen LogP contribution in [0.1, 0.15) is 18.1 Å². The summed E-state index contributed by atoms with van der Waals surface area (Å²) in [6, 6.07) is 9.07. The third kappa shape index (κ3) is 2.80. The predicted molar refractivity (Wildman–Crippen MR) is 63.9 cm³/mol. The van der Waals surface area contributed by atoms with Crippen LogP contribution in [0.15, 0.2) is 24.3 Å². The minimum atomic E-state index is 0.284. The van der Waals surface area contributed by atoms with Crippen molar-refractivity contribution in [3.8, 4) is 0 Å². The molecular weight excluding hydrogens is 184 g/mol. The minimum absolute atomic E-state index is 0.284. The Bertz CT molecular complexity index is 293. The van der Waals surface area contributed by atoms with Crippen LogP contribution in [-0.4, -0.2) is 30.6 Å². The van der Waals surface area contributed by atoms with E-state index in [9.17, 15) is 0 Å². The third-order valence-corrected chi connectivity index (χ3v) is 3.06. The van der Waals surface area contributed by atoms with E-state index in [1.54, 1.807) is 0 Å². The van der Waals surface area contributed by atoms with Gasteiger partial charge in [0.1, 0.15) is 0 Å². The molecule has 0 saturated heterocycles. The maximum atomic E-state index is 5.84. The molecule has 82 valence electrons. The van der Waals surface area contributed by atoms with Crippen molar-refractivity contribution >= 4 is 0 Å². The highest BCUT2D eigenvalue weighted by Crippen LogP contribution is 2.15. The summed E-state index contributed by atoms with van der Waals surface area (Å²) < 4.78 is 0. The molecule has 15 heavy (non-hydrogen) atoms. The molecule has 2 nitrogen and oxygen atoms in total. The Morgan fingerprint density at radius 3 is 2.20 bits per heavy atom. The standard InChI is InChI=1S/C13H20N2/c1-11(14)10-15-8-6-12-4-2-3-5-13(12)7-9-15/h2-5,11H,6-10,14H2,1H3/t11-/m0/s1. The van der Waals surface area contributed by atoms with Gasteiger partial charge in [-0.05, 0) is 30.9 Å². The number of nitrogens with two attached hydrogens (primary N) is 1. The highest BCUT2D eigenvalue weighted by Gasteiger charge is 2.13. The number of fused-ring (bicyclic) bond motifs is 1. The summed E-state index contributed by atoms with van der Waals surface area (Å²) in [4.78, 5) is 2.48. The second-order valence-corrected chi connectivity index (χ2v) is 4.55. The zero-order valence-corrected chi connectivity index (χ0v) is 9.45. The first kappa shape index (κ1) is 10.7. The number of rotatable bonds is 2. The Labute approximate surface area is 92.1 Å². The lowest BCUT2D eigenvalue weighted by Gasteiger charge is -2.21. The molecule has 0 aromatic heterocycles. The van der Waals surface area contributed by atoms with E-state index >= 15 is 0 Å². The molecule has 2 rings (SSSR count). The van der Waals surface area contributed by atoms with Gasteiger partial charge in [-0.1, -0.05) is 24.3 Å². The van der Waals surface area contributed by atoms with Gasteiger partial charge < -0.3 is 10.6 Å². The monoisotopic (exact) mass is 204 g/mol. The number of hydrogen-bond acceptors (Lipinski definition) is 2. The zero-order chi connectivity index (χ0) is 10.7. The molecule has 1 aliphatic heterocycles. The van der Waals surface area contributed by atoms with Gasteiger partial charge >= 0.3 is 0 Å². The fraction of sp³-hybridized carbons (Fsp3) is 0.538. The SMILES string of the molecule is C[C@H](N)CN1CCc2ccccc2CC1. The van der Waals surface area contributed by atoms with E-state index in [4.69, 9.17) is 5.73 Å². The Morgan fingerprint density at radius 1 is 1.20 bits per heavy atom. The van der Waals surface area contributed by atoms with Gasteiger partial charge in [0, 0.05) is 25.7 Å². The van der Waals surface area contributed by atoms with Gasteiger partial charge in [0.25, 0.3) is 0 Å². The highest BCUT2D eigenvalue weighted by molar-refractivity contribution is 5.28. The van der Waals surface area contributed by atoms with Crippen LogP contribution in [0.2, 0.25) is 0 Å². The van der Waals surface area contributed by atoms with Crippen LogP contribution >= 0.6 is 0 Å². The van der Waals surface area contributed by atoms with Crippen LogP contribution in [0.4, 0.5) is 0 Å². The fourth-order valence-electron chi connectivity index (χ4n) is 2.30. The van der Waals surface area contributed by atoms with Gasteiger partial charge in [0.15, 0.2) is 0 Å². The largest absolute Gasteiger partial charge is 0.327 e. The molecule has 2 heteroatoms. The van der Waals surface area contributed by atoms with Crippen molar-refractivity contribution in [2.24, 2.45) is 5.73 Å². The quantitative estimate of drug-likeness (QED) is 0.789. The number of nitrogens with zero attached hydrogens (tertiary/aromatic N) is 1. The van der Waals surface area contributed by atoms with Crippen molar-refractivity contribution in [2.45, 2.75) is 25.8 Å². The smallest absolute Gasteiger partial charge is 0.0139 e. The molecule has 2 N–H and O–H groups in total. The van der Waals surface area contributed by atoms with Crippen LogP contribution in [0.3, 0.4) is 0 Å². The van der Waals surface area contributed by atoms with Gasteiger partial charge in [-0.3, -0.25) is 0 Å². The van der Waals surface area contributed by atoms with Gasteiger partial charge in [-0.25, -0.2) is 0 Å². The zero-order valence-electron chi connectivity index (χ0n) is 9.45. The molecule has 1 aromatic rings. The molecule has 1 aliphatic rings.